The van der Waals surface area contributed by atoms with Gasteiger partial charge in [-0.05, 0) is 26.3 Å². The molecular weight excluding hydrogens is 224 g/mol. The van der Waals surface area contributed by atoms with Crippen molar-refractivity contribution in [3.05, 3.63) is 17.6 Å². The van der Waals surface area contributed by atoms with Crippen molar-refractivity contribution in [2.45, 2.75) is 40.5 Å². The van der Waals surface area contributed by atoms with E-state index in [4.69, 9.17) is 5.73 Å². The quantitative estimate of drug-likeness (QED) is 0.842. The third-order valence-corrected chi connectivity index (χ3v) is 3.01. The van der Waals surface area contributed by atoms with E-state index < -0.39 is 0 Å². The summed E-state index contributed by atoms with van der Waals surface area (Å²) in [6.07, 6.45) is 0. The van der Waals surface area contributed by atoms with Crippen LogP contribution in [0, 0.1) is 12.8 Å². The van der Waals surface area contributed by atoms with Gasteiger partial charge < -0.3 is 10.6 Å². The second-order valence-corrected chi connectivity index (χ2v) is 5.26. The van der Waals surface area contributed by atoms with Gasteiger partial charge in [0.15, 0.2) is 0 Å². The molecule has 0 saturated heterocycles. The van der Waals surface area contributed by atoms with Crippen LogP contribution < -0.4 is 10.6 Å². The molecule has 0 amide bonds. The molecule has 0 bridgehead atoms. The van der Waals surface area contributed by atoms with Crippen LogP contribution in [0.4, 0.5) is 5.82 Å². The van der Waals surface area contributed by atoms with E-state index >= 15 is 0 Å². The van der Waals surface area contributed by atoms with Gasteiger partial charge in [-0.3, -0.25) is 0 Å². The van der Waals surface area contributed by atoms with Gasteiger partial charge in [0.05, 0.1) is 0 Å². The molecule has 18 heavy (non-hydrogen) atoms. The Balaban J connectivity index is 2.98. The fourth-order valence-corrected chi connectivity index (χ4v) is 1.83. The summed E-state index contributed by atoms with van der Waals surface area (Å²) in [5.74, 6) is 2.77. The van der Waals surface area contributed by atoms with Crippen LogP contribution in [0.5, 0.6) is 0 Å². The fourth-order valence-electron chi connectivity index (χ4n) is 1.83. The molecule has 0 aliphatic rings. The molecule has 0 spiro atoms. The predicted octanol–water partition coefficient (Wildman–Crippen LogP) is 2.33. The van der Waals surface area contributed by atoms with Crippen molar-refractivity contribution in [3.63, 3.8) is 0 Å². The summed E-state index contributed by atoms with van der Waals surface area (Å²) in [6.45, 7) is 13.2. The highest BCUT2D eigenvalue weighted by Crippen LogP contribution is 2.17. The van der Waals surface area contributed by atoms with Crippen LogP contribution in [0.25, 0.3) is 0 Å². The van der Waals surface area contributed by atoms with Crippen LogP contribution in [0.15, 0.2) is 6.07 Å². The minimum absolute atomic E-state index is 0.356. The first kappa shape index (κ1) is 14.9. The van der Waals surface area contributed by atoms with Gasteiger partial charge in [-0.25, -0.2) is 9.97 Å². The summed E-state index contributed by atoms with van der Waals surface area (Å²) < 4.78 is 0. The molecule has 1 atom stereocenters. The van der Waals surface area contributed by atoms with Gasteiger partial charge in [-0.15, -0.1) is 0 Å². The molecule has 1 aromatic heterocycles. The number of nitrogens with zero attached hydrogens (tertiary/aromatic N) is 3. The van der Waals surface area contributed by atoms with Crippen molar-refractivity contribution >= 4 is 5.82 Å². The standard InChI is InChI=1S/C14H26N4/c1-6-18(9-11(4)8-15)13-7-12(5)16-14(17-13)10(2)3/h7,10-11H,6,8-9,15H2,1-5H3. The molecule has 0 fully saturated rings. The third-order valence-electron chi connectivity index (χ3n) is 3.01. The Hall–Kier alpha value is -1.16. The van der Waals surface area contributed by atoms with Gasteiger partial charge in [-0.2, -0.15) is 0 Å². The van der Waals surface area contributed by atoms with Crippen molar-refractivity contribution in [1.82, 2.24) is 9.97 Å². The summed E-state index contributed by atoms with van der Waals surface area (Å²) in [5, 5.41) is 0. The smallest absolute Gasteiger partial charge is 0.133 e. The van der Waals surface area contributed by atoms with Crippen molar-refractivity contribution in [1.29, 1.82) is 0 Å². The molecular formula is C14H26N4. The van der Waals surface area contributed by atoms with Gasteiger partial charge in [0.25, 0.3) is 0 Å². The predicted molar refractivity (Wildman–Crippen MR) is 77.0 cm³/mol. The molecule has 0 aromatic carbocycles. The normalized spacial score (nSPS) is 12.8. The molecule has 1 unspecified atom stereocenters. The van der Waals surface area contributed by atoms with Gasteiger partial charge in [0.2, 0.25) is 0 Å². The molecule has 1 heterocycles. The first-order valence-corrected chi connectivity index (χ1v) is 6.78. The number of hydrogen-bond acceptors (Lipinski definition) is 4. The summed E-state index contributed by atoms with van der Waals surface area (Å²) >= 11 is 0. The van der Waals surface area contributed by atoms with E-state index in [0.29, 0.717) is 18.4 Å². The van der Waals surface area contributed by atoms with Gasteiger partial charge in [0, 0.05) is 30.8 Å². The summed E-state index contributed by atoms with van der Waals surface area (Å²) in [7, 11) is 0. The molecule has 2 N–H and O–H groups in total. The number of aryl methyl sites for hydroxylation is 1. The molecule has 1 rings (SSSR count). The summed E-state index contributed by atoms with van der Waals surface area (Å²) in [4.78, 5) is 11.4. The zero-order valence-corrected chi connectivity index (χ0v) is 12.3. The van der Waals surface area contributed by atoms with Crippen LogP contribution in [-0.2, 0) is 0 Å². The third kappa shape index (κ3) is 3.95. The zero-order valence-electron chi connectivity index (χ0n) is 12.3. The lowest BCUT2D eigenvalue weighted by Gasteiger charge is -2.25. The minimum atomic E-state index is 0.356. The monoisotopic (exact) mass is 250 g/mol. The molecule has 102 valence electrons. The van der Waals surface area contributed by atoms with E-state index in [0.717, 1.165) is 30.4 Å². The maximum atomic E-state index is 5.70. The van der Waals surface area contributed by atoms with Crippen LogP contribution in [0.1, 0.15) is 45.1 Å². The lowest BCUT2D eigenvalue weighted by Crippen LogP contribution is -2.32. The first-order chi connectivity index (χ1) is 8.47. The van der Waals surface area contributed by atoms with Crippen molar-refractivity contribution < 1.29 is 0 Å². The zero-order chi connectivity index (χ0) is 13.7. The highest BCUT2D eigenvalue weighted by molar-refractivity contribution is 5.40. The number of anilines is 1. The van der Waals surface area contributed by atoms with E-state index in [-0.39, 0.29) is 0 Å². The Bertz CT molecular complexity index is 376. The van der Waals surface area contributed by atoms with E-state index in [2.05, 4.69) is 48.6 Å². The molecule has 4 heteroatoms. The van der Waals surface area contributed by atoms with Crippen molar-refractivity contribution in [3.8, 4) is 0 Å². The summed E-state index contributed by atoms with van der Waals surface area (Å²) in [6, 6.07) is 2.05. The van der Waals surface area contributed by atoms with Gasteiger partial charge in [0.1, 0.15) is 11.6 Å². The minimum Gasteiger partial charge on any atom is -0.356 e. The maximum absolute atomic E-state index is 5.70. The van der Waals surface area contributed by atoms with Crippen LogP contribution in [0.2, 0.25) is 0 Å². The molecule has 0 aliphatic carbocycles. The van der Waals surface area contributed by atoms with Crippen molar-refractivity contribution in [2.75, 3.05) is 24.5 Å². The second kappa shape index (κ2) is 6.69. The molecule has 0 saturated carbocycles. The van der Waals surface area contributed by atoms with E-state index in [1.54, 1.807) is 0 Å². The van der Waals surface area contributed by atoms with E-state index in [9.17, 15) is 0 Å². The Morgan fingerprint density at radius 1 is 1.28 bits per heavy atom. The lowest BCUT2D eigenvalue weighted by molar-refractivity contribution is 0.571. The van der Waals surface area contributed by atoms with Crippen LogP contribution in [-0.4, -0.2) is 29.6 Å². The number of hydrogen-bond donors (Lipinski definition) is 1. The van der Waals surface area contributed by atoms with Crippen molar-refractivity contribution in [2.24, 2.45) is 11.7 Å². The Kier molecular flexibility index (Phi) is 5.54. The number of aromatic nitrogens is 2. The maximum Gasteiger partial charge on any atom is 0.133 e. The Morgan fingerprint density at radius 3 is 2.44 bits per heavy atom. The lowest BCUT2D eigenvalue weighted by atomic mass is 10.1. The molecule has 0 radical (unpaired) electrons. The summed E-state index contributed by atoms with van der Waals surface area (Å²) in [5.41, 5.74) is 6.73. The Labute approximate surface area is 111 Å². The number of rotatable bonds is 6. The highest BCUT2D eigenvalue weighted by atomic mass is 15.2. The molecule has 1 aromatic rings. The highest BCUT2D eigenvalue weighted by Gasteiger charge is 2.13. The topological polar surface area (TPSA) is 55.0 Å². The van der Waals surface area contributed by atoms with Gasteiger partial charge in [-0.1, -0.05) is 20.8 Å². The van der Waals surface area contributed by atoms with Crippen LogP contribution >= 0.6 is 0 Å². The van der Waals surface area contributed by atoms with Gasteiger partial charge >= 0.3 is 0 Å². The first-order valence-electron chi connectivity index (χ1n) is 6.78. The van der Waals surface area contributed by atoms with Crippen LogP contribution in [0.3, 0.4) is 0 Å². The second-order valence-electron chi connectivity index (χ2n) is 5.26. The fraction of sp³-hybridized carbons (Fsp3) is 0.714. The average Bonchev–Trinajstić information content (AvgIpc) is 2.34. The van der Waals surface area contributed by atoms with E-state index in [1.165, 1.54) is 0 Å². The average molecular weight is 250 g/mol. The Morgan fingerprint density at radius 2 is 1.94 bits per heavy atom. The largest absolute Gasteiger partial charge is 0.356 e. The number of nitrogens with two attached hydrogens (primary N) is 1. The SMILES string of the molecule is CCN(CC(C)CN)c1cc(C)nc(C(C)C)n1. The molecule has 4 nitrogen and oxygen atoms in total. The van der Waals surface area contributed by atoms with E-state index in [1.807, 2.05) is 6.92 Å². The molecule has 0 aliphatic heterocycles.